The molecule has 0 aliphatic carbocycles. The molecule has 1 unspecified atom stereocenters. The van der Waals surface area contributed by atoms with E-state index in [4.69, 9.17) is 5.73 Å². The highest BCUT2D eigenvalue weighted by atomic mass is 32.2. The van der Waals surface area contributed by atoms with Crippen LogP contribution in [0.3, 0.4) is 0 Å². The summed E-state index contributed by atoms with van der Waals surface area (Å²) in [7, 11) is 0. The molecule has 0 saturated carbocycles. The smallest absolute Gasteiger partial charge is 0.275 e. The predicted molar refractivity (Wildman–Crippen MR) is 76.3 cm³/mol. The minimum absolute atomic E-state index is 0.116. The van der Waals surface area contributed by atoms with E-state index in [-0.39, 0.29) is 11.6 Å². The third-order valence-electron chi connectivity index (χ3n) is 2.50. The standard InChI is InChI=1S/C11H16N4OS2/c1-3-8(12)5-17-6-9-14-15-10(16)4-7(2)13-11(15)18-9/h4,8H,3,5-6,12H2,1-2H3. The Kier molecular flexibility index (Phi) is 4.36. The minimum Gasteiger partial charge on any atom is -0.327 e. The number of fused-ring (bicyclic) bond motifs is 1. The van der Waals surface area contributed by atoms with Gasteiger partial charge in [-0.05, 0) is 13.3 Å². The Labute approximate surface area is 113 Å². The predicted octanol–water partition coefficient (Wildman–Crippen LogP) is 1.43. The Hall–Kier alpha value is -0.920. The largest absolute Gasteiger partial charge is 0.327 e. The van der Waals surface area contributed by atoms with Crippen molar-refractivity contribution in [3.05, 3.63) is 27.1 Å². The van der Waals surface area contributed by atoms with Gasteiger partial charge in [-0.15, -0.1) is 0 Å². The van der Waals surface area contributed by atoms with Gasteiger partial charge in [0.15, 0.2) is 0 Å². The SMILES string of the molecule is CCC(N)CSCc1nn2c(=O)cc(C)nc2s1. The Morgan fingerprint density at radius 2 is 2.39 bits per heavy atom. The molecule has 0 spiro atoms. The van der Waals surface area contributed by atoms with Crippen LogP contribution in [0, 0.1) is 6.92 Å². The Bertz CT molecular complexity index is 592. The molecule has 0 fully saturated rings. The van der Waals surface area contributed by atoms with Crippen molar-refractivity contribution < 1.29 is 0 Å². The number of thioether (sulfide) groups is 1. The van der Waals surface area contributed by atoms with E-state index >= 15 is 0 Å². The van der Waals surface area contributed by atoms with Gasteiger partial charge in [-0.2, -0.15) is 21.4 Å². The first kappa shape index (κ1) is 13.5. The molecule has 2 rings (SSSR count). The quantitative estimate of drug-likeness (QED) is 0.899. The van der Waals surface area contributed by atoms with Crippen LogP contribution in [0.5, 0.6) is 0 Å². The maximum atomic E-state index is 11.7. The minimum atomic E-state index is -0.116. The monoisotopic (exact) mass is 284 g/mol. The number of aromatic nitrogens is 3. The summed E-state index contributed by atoms with van der Waals surface area (Å²) in [5.74, 6) is 1.69. The molecular formula is C11H16N4OS2. The average Bonchev–Trinajstić information content (AvgIpc) is 2.72. The number of aryl methyl sites for hydroxylation is 1. The van der Waals surface area contributed by atoms with Crippen molar-refractivity contribution in [1.29, 1.82) is 0 Å². The number of rotatable bonds is 5. The molecule has 18 heavy (non-hydrogen) atoms. The van der Waals surface area contributed by atoms with E-state index in [1.807, 2.05) is 6.92 Å². The van der Waals surface area contributed by atoms with Crippen LogP contribution >= 0.6 is 23.1 Å². The van der Waals surface area contributed by atoms with Crippen molar-refractivity contribution in [3.63, 3.8) is 0 Å². The van der Waals surface area contributed by atoms with Crippen LogP contribution in [-0.2, 0) is 5.75 Å². The molecule has 0 radical (unpaired) electrons. The summed E-state index contributed by atoms with van der Waals surface area (Å²) in [6, 6.07) is 1.73. The van der Waals surface area contributed by atoms with Crippen LogP contribution in [0.2, 0.25) is 0 Å². The lowest BCUT2D eigenvalue weighted by molar-refractivity contribution is 0.724. The number of hydrogen-bond acceptors (Lipinski definition) is 6. The van der Waals surface area contributed by atoms with Gasteiger partial charge in [0.05, 0.1) is 0 Å². The van der Waals surface area contributed by atoms with Gasteiger partial charge in [0.1, 0.15) is 5.01 Å². The topological polar surface area (TPSA) is 73.3 Å². The lowest BCUT2D eigenvalue weighted by Crippen LogP contribution is -2.21. The van der Waals surface area contributed by atoms with Gasteiger partial charge in [0, 0.05) is 29.3 Å². The first-order valence-corrected chi connectivity index (χ1v) is 7.77. The van der Waals surface area contributed by atoms with E-state index in [1.165, 1.54) is 21.9 Å². The van der Waals surface area contributed by atoms with Gasteiger partial charge in [0.25, 0.3) is 5.56 Å². The molecule has 5 nitrogen and oxygen atoms in total. The van der Waals surface area contributed by atoms with Crippen molar-refractivity contribution in [2.45, 2.75) is 32.1 Å². The zero-order valence-electron chi connectivity index (χ0n) is 10.4. The van der Waals surface area contributed by atoms with Crippen molar-refractivity contribution in [2.24, 2.45) is 5.73 Å². The van der Waals surface area contributed by atoms with Crippen molar-refractivity contribution in [2.75, 3.05) is 5.75 Å². The molecule has 0 bridgehead atoms. The molecule has 1 atom stereocenters. The van der Waals surface area contributed by atoms with Crippen LogP contribution in [-0.4, -0.2) is 26.4 Å². The van der Waals surface area contributed by atoms with Crippen molar-refractivity contribution in [1.82, 2.24) is 14.6 Å². The van der Waals surface area contributed by atoms with Crippen LogP contribution in [0.15, 0.2) is 10.9 Å². The summed E-state index contributed by atoms with van der Waals surface area (Å²) in [5.41, 5.74) is 6.47. The highest BCUT2D eigenvalue weighted by molar-refractivity contribution is 7.98. The molecule has 7 heteroatoms. The average molecular weight is 284 g/mol. The molecular weight excluding hydrogens is 268 g/mol. The van der Waals surface area contributed by atoms with E-state index in [9.17, 15) is 4.79 Å². The van der Waals surface area contributed by atoms with Gasteiger partial charge in [-0.1, -0.05) is 18.3 Å². The summed E-state index contributed by atoms with van der Waals surface area (Å²) >= 11 is 3.21. The zero-order valence-corrected chi connectivity index (χ0v) is 12.1. The van der Waals surface area contributed by atoms with E-state index in [2.05, 4.69) is 17.0 Å². The second kappa shape index (κ2) is 5.81. The zero-order chi connectivity index (χ0) is 13.1. The molecule has 98 valence electrons. The number of nitrogens with two attached hydrogens (primary N) is 1. The number of nitrogens with zero attached hydrogens (tertiary/aromatic N) is 3. The van der Waals surface area contributed by atoms with Gasteiger partial charge < -0.3 is 5.73 Å². The molecule has 2 aromatic heterocycles. The Morgan fingerprint density at radius 3 is 3.11 bits per heavy atom. The Morgan fingerprint density at radius 1 is 1.61 bits per heavy atom. The summed E-state index contributed by atoms with van der Waals surface area (Å²) in [4.78, 5) is 16.6. The summed E-state index contributed by atoms with van der Waals surface area (Å²) in [5, 5.41) is 5.19. The highest BCUT2D eigenvalue weighted by Gasteiger charge is 2.08. The van der Waals surface area contributed by atoms with Crippen molar-refractivity contribution in [3.8, 4) is 0 Å². The van der Waals surface area contributed by atoms with E-state index in [0.717, 1.165) is 28.6 Å². The third kappa shape index (κ3) is 3.09. The molecule has 2 N–H and O–H groups in total. The fraction of sp³-hybridized carbons (Fsp3) is 0.545. The van der Waals surface area contributed by atoms with Gasteiger partial charge in [-0.3, -0.25) is 4.79 Å². The van der Waals surface area contributed by atoms with Gasteiger partial charge in [-0.25, -0.2) is 4.98 Å². The molecule has 2 heterocycles. The van der Waals surface area contributed by atoms with Crippen LogP contribution in [0.4, 0.5) is 0 Å². The third-order valence-corrected chi connectivity index (χ3v) is 4.73. The molecule has 2 aromatic rings. The number of hydrogen-bond donors (Lipinski definition) is 1. The fourth-order valence-corrected chi connectivity index (χ4v) is 3.55. The first-order chi connectivity index (χ1) is 8.60. The van der Waals surface area contributed by atoms with Crippen LogP contribution < -0.4 is 11.3 Å². The van der Waals surface area contributed by atoms with E-state index in [0.29, 0.717) is 4.96 Å². The molecule has 0 aliphatic heterocycles. The second-order valence-corrected chi connectivity index (χ2v) is 6.18. The van der Waals surface area contributed by atoms with Gasteiger partial charge in [0.2, 0.25) is 4.96 Å². The van der Waals surface area contributed by atoms with E-state index < -0.39 is 0 Å². The lowest BCUT2D eigenvalue weighted by Gasteiger charge is -2.05. The first-order valence-electron chi connectivity index (χ1n) is 5.80. The fourth-order valence-electron chi connectivity index (χ4n) is 1.43. The van der Waals surface area contributed by atoms with Crippen LogP contribution in [0.1, 0.15) is 24.0 Å². The maximum Gasteiger partial charge on any atom is 0.275 e. The Balaban J connectivity index is 2.11. The van der Waals surface area contributed by atoms with Gasteiger partial charge >= 0.3 is 0 Å². The second-order valence-electron chi connectivity index (χ2n) is 4.11. The molecule has 0 amide bonds. The summed E-state index contributed by atoms with van der Waals surface area (Å²) in [6.45, 7) is 3.89. The lowest BCUT2D eigenvalue weighted by atomic mass is 10.3. The highest BCUT2D eigenvalue weighted by Crippen LogP contribution is 2.18. The van der Waals surface area contributed by atoms with Crippen molar-refractivity contribution >= 4 is 28.1 Å². The molecule has 0 aromatic carbocycles. The molecule has 0 aliphatic rings. The summed E-state index contributed by atoms with van der Waals surface area (Å²) in [6.07, 6.45) is 0.979. The van der Waals surface area contributed by atoms with Crippen LogP contribution in [0.25, 0.3) is 4.96 Å². The normalized spacial score (nSPS) is 13.1. The molecule has 0 saturated heterocycles. The maximum absolute atomic E-state index is 11.7. The summed E-state index contributed by atoms with van der Waals surface area (Å²) < 4.78 is 1.37. The van der Waals surface area contributed by atoms with E-state index in [1.54, 1.807) is 11.8 Å².